The van der Waals surface area contributed by atoms with Crippen LogP contribution in [0.1, 0.15) is 47.8 Å². The van der Waals surface area contributed by atoms with Crippen LogP contribution in [0.2, 0.25) is 5.15 Å². The number of methoxy groups -OCH3 is 1. The van der Waals surface area contributed by atoms with Crippen LogP contribution in [-0.4, -0.2) is 58.6 Å². The van der Waals surface area contributed by atoms with Crippen molar-refractivity contribution in [1.29, 1.82) is 5.41 Å². The first kappa shape index (κ1) is 24.2. The molecule has 1 aliphatic rings. The molecule has 0 unspecified atom stereocenters. The zero-order valence-electron chi connectivity index (χ0n) is 20.5. The van der Waals surface area contributed by atoms with Gasteiger partial charge in [0, 0.05) is 29.8 Å². The Bertz CT molecular complexity index is 1320. The summed E-state index contributed by atoms with van der Waals surface area (Å²) >= 11 is 6.21. The number of halogens is 1. The third-order valence-electron chi connectivity index (χ3n) is 6.30. The van der Waals surface area contributed by atoms with Crippen LogP contribution in [0.15, 0.2) is 12.1 Å². The minimum absolute atomic E-state index is 0.00805. The van der Waals surface area contributed by atoms with E-state index >= 15 is 0 Å². The molecule has 0 bridgehead atoms. The maximum absolute atomic E-state index is 13.5. The van der Waals surface area contributed by atoms with E-state index in [4.69, 9.17) is 26.5 Å². The fourth-order valence-electron chi connectivity index (χ4n) is 4.15. The summed E-state index contributed by atoms with van der Waals surface area (Å²) < 4.78 is 14.1. The summed E-state index contributed by atoms with van der Waals surface area (Å²) in [7, 11) is 1.66. The van der Waals surface area contributed by atoms with Crippen LogP contribution in [0.3, 0.4) is 0 Å². The number of nitrogens with zero attached hydrogens (tertiary/aromatic N) is 5. The first-order chi connectivity index (χ1) is 16.0. The van der Waals surface area contributed by atoms with Gasteiger partial charge in [-0.3, -0.25) is 10.2 Å². The van der Waals surface area contributed by atoms with E-state index in [2.05, 4.69) is 35.9 Å². The normalized spacial score (nSPS) is 14.6. The third kappa shape index (κ3) is 4.30. The molecule has 4 rings (SSSR count). The number of ether oxygens (including phenoxy) is 2. The molecule has 1 fully saturated rings. The Morgan fingerprint density at radius 2 is 1.85 bits per heavy atom. The summed E-state index contributed by atoms with van der Waals surface area (Å²) in [5.74, 6) is 0.627. The van der Waals surface area contributed by atoms with Gasteiger partial charge in [-0.1, -0.05) is 32.4 Å². The number of rotatable bonds is 5. The van der Waals surface area contributed by atoms with E-state index in [1.807, 2.05) is 26.0 Å². The molecule has 1 aromatic carbocycles. The van der Waals surface area contributed by atoms with Gasteiger partial charge in [0.1, 0.15) is 12.3 Å². The molecule has 34 heavy (non-hydrogen) atoms. The largest absolute Gasteiger partial charge is 0.494 e. The van der Waals surface area contributed by atoms with E-state index < -0.39 is 0 Å². The molecular formula is C24H31ClN6O3. The zero-order chi connectivity index (χ0) is 24.8. The maximum Gasteiger partial charge on any atom is 0.242 e. The summed E-state index contributed by atoms with van der Waals surface area (Å²) in [6, 6.07) is 3.78. The van der Waals surface area contributed by atoms with Crippen molar-refractivity contribution >= 4 is 28.7 Å². The van der Waals surface area contributed by atoms with Crippen LogP contribution < -0.4 is 15.3 Å². The molecule has 0 radical (unpaired) electrons. The fourth-order valence-corrected chi connectivity index (χ4v) is 4.37. The number of morpholine rings is 1. The maximum atomic E-state index is 13.5. The predicted molar refractivity (Wildman–Crippen MR) is 130 cm³/mol. The van der Waals surface area contributed by atoms with Crippen LogP contribution >= 0.6 is 11.6 Å². The Hall–Kier alpha value is -2.91. The number of anilines is 1. The first-order valence-electron chi connectivity index (χ1n) is 11.3. The van der Waals surface area contributed by atoms with E-state index in [9.17, 15) is 4.79 Å². The van der Waals surface area contributed by atoms with Gasteiger partial charge in [0.2, 0.25) is 5.62 Å². The van der Waals surface area contributed by atoms with E-state index in [1.165, 1.54) is 9.20 Å². The standard InChI is InChI=1S/C24H31ClN6O3/c1-14-15(2)22-28-30(23(26)31(22)27-21(14)25)13-19(32)16-11-17(24(3,4)5)20(33-6)18(12-16)29-7-9-34-10-8-29/h11-12,26H,7-10,13H2,1-6H3. The van der Waals surface area contributed by atoms with Gasteiger partial charge in [-0.05, 0) is 37.0 Å². The van der Waals surface area contributed by atoms with Gasteiger partial charge in [0.05, 0.1) is 26.0 Å². The second kappa shape index (κ2) is 9.03. The molecule has 2 aromatic heterocycles. The molecule has 1 N–H and O–H groups in total. The molecule has 0 atom stereocenters. The number of hydrogen-bond donors (Lipinski definition) is 1. The number of nitrogens with one attached hydrogen (secondary N) is 1. The van der Waals surface area contributed by atoms with E-state index in [-0.39, 0.29) is 23.4 Å². The molecule has 0 aliphatic carbocycles. The quantitative estimate of drug-likeness (QED) is 0.556. The number of Topliss-reactive ketones (excluding diaryl/α,β-unsaturated/α-hetero) is 1. The molecule has 9 nitrogen and oxygen atoms in total. The SMILES string of the molecule is COc1c(N2CCOCC2)cc(C(=O)Cn2nc3c(C)c(C)c(Cl)nn3c2=N)cc1C(C)(C)C. The van der Waals surface area contributed by atoms with Crippen LogP contribution in [0.5, 0.6) is 5.75 Å². The summed E-state index contributed by atoms with van der Waals surface area (Å²) in [5, 5.41) is 17.5. The highest BCUT2D eigenvalue weighted by Gasteiger charge is 2.27. The number of benzene rings is 1. The monoisotopic (exact) mass is 486 g/mol. The van der Waals surface area contributed by atoms with E-state index in [1.54, 1.807) is 7.11 Å². The Morgan fingerprint density at radius 1 is 1.18 bits per heavy atom. The molecule has 0 saturated carbocycles. The average Bonchev–Trinajstić information content (AvgIpc) is 3.11. The molecule has 10 heteroatoms. The van der Waals surface area contributed by atoms with Crippen LogP contribution in [0.4, 0.5) is 5.69 Å². The Morgan fingerprint density at radius 3 is 2.47 bits per heavy atom. The molecule has 0 amide bonds. The van der Waals surface area contributed by atoms with Crippen molar-refractivity contribution in [3.8, 4) is 5.75 Å². The highest BCUT2D eigenvalue weighted by Crippen LogP contribution is 2.40. The predicted octanol–water partition coefficient (Wildman–Crippen LogP) is 3.31. The van der Waals surface area contributed by atoms with Gasteiger partial charge >= 0.3 is 0 Å². The van der Waals surface area contributed by atoms with Crippen LogP contribution in [-0.2, 0) is 16.7 Å². The molecule has 3 aromatic rings. The lowest BCUT2D eigenvalue weighted by Gasteiger charge is -2.33. The van der Waals surface area contributed by atoms with E-state index in [0.29, 0.717) is 29.6 Å². The van der Waals surface area contributed by atoms with Crippen molar-refractivity contribution in [3.05, 3.63) is 45.2 Å². The number of aryl methyl sites for hydroxylation is 1. The molecule has 1 aliphatic heterocycles. The molecule has 1 saturated heterocycles. The minimum atomic E-state index is -0.241. The van der Waals surface area contributed by atoms with Crippen molar-refractivity contribution in [1.82, 2.24) is 19.4 Å². The van der Waals surface area contributed by atoms with Gasteiger partial charge in [-0.2, -0.15) is 9.61 Å². The summed E-state index contributed by atoms with van der Waals surface area (Å²) in [5.41, 5.74) is 4.28. The lowest BCUT2D eigenvalue weighted by Crippen LogP contribution is -2.37. The van der Waals surface area contributed by atoms with Gasteiger partial charge in [0.25, 0.3) is 0 Å². The van der Waals surface area contributed by atoms with E-state index in [0.717, 1.165) is 41.2 Å². The number of fused-ring (bicyclic) bond motifs is 1. The lowest BCUT2D eigenvalue weighted by atomic mass is 9.84. The second-order valence-corrected chi connectivity index (χ2v) is 9.96. The summed E-state index contributed by atoms with van der Waals surface area (Å²) in [4.78, 5) is 15.7. The van der Waals surface area contributed by atoms with Crippen LogP contribution in [0, 0.1) is 19.3 Å². The summed E-state index contributed by atoms with van der Waals surface area (Å²) in [6.45, 7) is 12.6. The van der Waals surface area contributed by atoms with Gasteiger partial charge in [0.15, 0.2) is 16.6 Å². The van der Waals surface area contributed by atoms with Gasteiger partial charge in [-0.15, -0.1) is 5.10 Å². The van der Waals surface area contributed by atoms with Crippen LogP contribution in [0.25, 0.3) is 5.65 Å². The smallest absolute Gasteiger partial charge is 0.242 e. The number of hydrogen-bond acceptors (Lipinski definition) is 7. The lowest BCUT2D eigenvalue weighted by molar-refractivity contribution is 0.0965. The number of carbonyl (C=O) groups excluding carboxylic acids is 1. The highest BCUT2D eigenvalue weighted by atomic mass is 35.5. The molecule has 182 valence electrons. The second-order valence-electron chi connectivity index (χ2n) is 9.61. The summed E-state index contributed by atoms with van der Waals surface area (Å²) in [6.07, 6.45) is 0. The Labute approximate surface area is 203 Å². The molecular weight excluding hydrogens is 456 g/mol. The zero-order valence-corrected chi connectivity index (χ0v) is 21.3. The Kier molecular flexibility index (Phi) is 6.44. The topological polar surface area (TPSA) is 97.7 Å². The number of aromatic nitrogens is 4. The van der Waals surface area contributed by atoms with Gasteiger partial charge < -0.3 is 14.4 Å². The van der Waals surface area contributed by atoms with Crippen molar-refractivity contribution in [2.75, 3.05) is 38.3 Å². The average molecular weight is 487 g/mol. The first-order valence-corrected chi connectivity index (χ1v) is 11.7. The highest BCUT2D eigenvalue weighted by molar-refractivity contribution is 6.30. The molecule has 0 spiro atoms. The number of carbonyl (C=O) groups is 1. The van der Waals surface area contributed by atoms with Gasteiger partial charge in [-0.25, -0.2) is 4.68 Å². The molecule has 3 heterocycles. The number of ketones is 1. The fraction of sp³-hybridized carbons (Fsp3) is 0.500. The van der Waals surface area contributed by atoms with Crippen molar-refractivity contribution in [3.63, 3.8) is 0 Å². The third-order valence-corrected chi connectivity index (χ3v) is 6.66. The van der Waals surface area contributed by atoms with Crippen molar-refractivity contribution in [2.24, 2.45) is 0 Å². The Balaban J connectivity index is 1.78. The minimum Gasteiger partial charge on any atom is -0.494 e. The van der Waals surface area contributed by atoms with Crippen molar-refractivity contribution < 1.29 is 14.3 Å². The van der Waals surface area contributed by atoms with Crippen molar-refractivity contribution in [2.45, 2.75) is 46.6 Å².